The number of ether oxygens (including phenoxy) is 3. The van der Waals surface area contributed by atoms with Crippen molar-refractivity contribution in [2.45, 2.75) is 50.7 Å². The van der Waals surface area contributed by atoms with Gasteiger partial charge in [0.05, 0.1) is 12.2 Å². The standard InChI is InChI=1S/C20H21ClN2O3/c1-24-10-25-19-13-4-2-3-11(13)5-7-14(19)18-15-9-12-6-8-16(26-12)17(15)20(21)23-22-18/h5,7,12,16H,2-4,6,8-10H2,1H3. The van der Waals surface area contributed by atoms with Crippen LogP contribution in [-0.2, 0) is 28.7 Å². The number of hydrogen-bond acceptors (Lipinski definition) is 5. The van der Waals surface area contributed by atoms with E-state index in [0.717, 1.165) is 61.1 Å². The molecule has 2 unspecified atom stereocenters. The number of aryl methyl sites for hydroxylation is 1. The lowest BCUT2D eigenvalue weighted by Gasteiger charge is -2.26. The zero-order chi connectivity index (χ0) is 17.7. The van der Waals surface area contributed by atoms with Crippen LogP contribution in [0.2, 0.25) is 5.15 Å². The van der Waals surface area contributed by atoms with Crippen LogP contribution >= 0.6 is 11.6 Å². The summed E-state index contributed by atoms with van der Waals surface area (Å²) in [7, 11) is 1.64. The summed E-state index contributed by atoms with van der Waals surface area (Å²) >= 11 is 6.41. The van der Waals surface area contributed by atoms with Gasteiger partial charge in [-0.05, 0) is 54.9 Å². The highest BCUT2D eigenvalue weighted by molar-refractivity contribution is 6.30. The van der Waals surface area contributed by atoms with Gasteiger partial charge in [-0.15, -0.1) is 10.2 Å². The highest BCUT2D eigenvalue weighted by Gasteiger charge is 2.38. The van der Waals surface area contributed by atoms with Crippen LogP contribution in [0.3, 0.4) is 0 Å². The molecule has 6 heteroatoms. The SMILES string of the molecule is COCOc1c(-c2nnc(Cl)c3c2CC2CCC3O2)ccc2c1CCC2. The first-order valence-electron chi connectivity index (χ1n) is 9.23. The first kappa shape index (κ1) is 16.5. The molecule has 0 spiro atoms. The van der Waals surface area contributed by atoms with Gasteiger partial charge in [0.25, 0.3) is 0 Å². The second-order valence-corrected chi connectivity index (χ2v) is 7.60. The number of fused-ring (bicyclic) bond motifs is 5. The van der Waals surface area contributed by atoms with Crippen molar-refractivity contribution in [2.24, 2.45) is 0 Å². The Labute approximate surface area is 157 Å². The summed E-state index contributed by atoms with van der Waals surface area (Å²) in [5, 5.41) is 9.21. The lowest BCUT2D eigenvalue weighted by molar-refractivity contribution is 0.0321. The fourth-order valence-electron chi connectivity index (χ4n) is 4.61. The lowest BCUT2D eigenvalue weighted by atomic mass is 9.93. The first-order chi connectivity index (χ1) is 12.8. The van der Waals surface area contributed by atoms with E-state index in [-0.39, 0.29) is 19.0 Å². The Bertz CT molecular complexity index is 871. The number of methoxy groups -OCH3 is 1. The van der Waals surface area contributed by atoms with Crippen LogP contribution in [0.25, 0.3) is 11.3 Å². The Morgan fingerprint density at radius 3 is 3.00 bits per heavy atom. The van der Waals surface area contributed by atoms with E-state index in [1.54, 1.807) is 7.11 Å². The molecule has 2 aliphatic heterocycles. The quantitative estimate of drug-likeness (QED) is 0.758. The summed E-state index contributed by atoms with van der Waals surface area (Å²) in [6.07, 6.45) is 6.47. The van der Waals surface area contributed by atoms with Crippen molar-refractivity contribution in [3.05, 3.63) is 39.5 Å². The molecule has 3 aliphatic rings. The fraction of sp³-hybridized carbons (Fsp3) is 0.500. The van der Waals surface area contributed by atoms with Gasteiger partial charge in [-0.1, -0.05) is 17.7 Å². The molecule has 136 valence electrons. The van der Waals surface area contributed by atoms with Crippen molar-refractivity contribution in [1.29, 1.82) is 0 Å². The molecule has 1 aromatic heterocycles. The number of benzene rings is 1. The predicted molar refractivity (Wildman–Crippen MR) is 97.6 cm³/mol. The van der Waals surface area contributed by atoms with E-state index in [1.807, 2.05) is 0 Å². The molecule has 5 nitrogen and oxygen atoms in total. The minimum absolute atomic E-state index is 0.0447. The van der Waals surface area contributed by atoms with Crippen LogP contribution < -0.4 is 4.74 Å². The molecule has 2 atom stereocenters. The minimum atomic E-state index is 0.0447. The molecule has 26 heavy (non-hydrogen) atoms. The van der Waals surface area contributed by atoms with E-state index in [1.165, 1.54) is 16.7 Å². The summed E-state index contributed by atoms with van der Waals surface area (Å²) in [4.78, 5) is 0. The van der Waals surface area contributed by atoms with Crippen molar-refractivity contribution in [1.82, 2.24) is 10.2 Å². The van der Waals surface area contributed by atoms with Crippen LogP contribution in [0.1, 0.15) is 47.6 Å². The summed E-state index contributed by atoms with van der Waals surface area (Å²) in [6.45, 7) is 0.223. The lowest BCUT2D eigenvalue weighted by Crippen LogP contribution is -2.20. The third-order valence-corrected chi connectivity index (χ3v) is 6.02. The van der Waals surface area contributed by atoms with Gasteiger partial charge in [-0.3, -0.25) is 0 Å². The molecule has 2 aromatic rings. The number of nitrogens with zero attached hydrogens (tertiary/aromatic N) is 2. The largest absolute Gasteiger partial charge is 0.467 e. The van der Waals surface area contributed by atoms with E-state index < -0.39 is 0 Å². The molecular weight excluding hydrogens is 352 g/mol. The Morgan fingerprint density at radius 1 is 1.19 bits per heavy atom. The highest BCUT2D eigenvalue weighted by Crippen LogP contribution is 2.47. The van der Waals surface area contributed by atoms with Gasteiger partial charge in [0.1, 0.15) is 11.4 Å². The van der Waals surface area contributed by atoms with Gasteiger partial charge in [-0.25, -0.2) is 0 Å². The summed E-state index contributed by atoms with van der Waals surface area (Å²) in [6, 6.07) is 4.32. The topological polar surface area (TPSA) is 53.5 Å². The van der Waals surface area contributed by atoms with E-state index in [4.69, 9.17) is 25.8 Å². The third-order valence-electron chi connectivity index (χ3n) is 5.74. The van der Waals surface area contributed by atoms with E-state index >= 15 is 0 Å². The maximum absolute atomic E-state index is 6.41. The van der Waals surface area contributed by atoms with Crippen LogP contribution in [0, 0.1) is 0 Å². The zero-order valence-electron chi connectivity index (χ0n) is 14.8. The molecule has 0 amide bonds. The minimum Gasteiger partial charge on any atom is -0.467 e. The normalized spacial score (nSPS) is 23.0. The molecule has 1 fully saturated rings. The Balaban J connectivity index is 1.69. The monoisotopic (exact) mass is 372 g/mol. The molecule has 0 N–H and O–H groups in total. The van der Waals surface area contributed by atoms with Crippen molar-refractivity contribution in [2.75, 3.05) is 13.9 Å². The number of aromatic nitrogens is 2. The van der Waals surface area contributed by atoms with Gasteiger partial charge in [0.15, 0.2) is 11.9 Å². The highest BCUT2D eigenvalue weighted by atomic mass is 35.5. The summed E-state index contributed by atoms with van der Waals surface area (Å²) < 4.78 is 17.3. The molecule has 1 aromatic carbocycles. The van der Waals surface area contributed by atoms with Crippen molar-refractivity contribution >= 4 is 11.6 Å². The molecule has 0 saturated carbocycles. The van der Waals surface area contributed by atoms with E-state index in [0.29, 0.717) is 5.15 Å². The van der Waals surface area contributed by atoms with Crippen molar-refractivity contribution < 1.29 is 14.2 Å². The van der Waals surface area contributed by atoms with Gasteiger partial charge < -0.3 is 14.2 Å². The fourth-order valence-corrected chi connectivity index (χ4v) is 4.88. The molecule has 0 radical (unpaired) electrons. The average molecular weight is 373 g/mol. The van der Waals surface area contributed by atoms with Crippen LogP contribution in [0.4, 0.5) is 0 Å². The Morgan fingerprint density at radius 2 is 2.12 bits per heavy atom. The van der Waals surface area contributed by atoms with Gasteiger partial charge in [0.2, 0.25) is 0 Å². The molecule has 5 rings (SSSR count). The summed E-state index contributed by atoms with van der Waals surface area (Å²) in [5.74, 6) is 0.888. The van der Waals surface area contributed by atoms with Gasteiger partial charge >= 0.3 is 0 Å². The molecule has 3 heterocycles. The maximum atomic E-state index is 6.41. The van der Waals surface area contributed by atoms with Crippen LogP contribution in [-0.4, -0.2) is 30.2 Å². The van der Waals surface area contributed by atoms with E-state index in [2.05, 4.69) is 22.3 Å². The van der Waals surface area contributed by atoms with Gasteiger partial charge in [-0.2, -0.15) is 0 Å². The summed E-state index contributed by atoms with van der Waals surface area (Å²) in [5.41, 5.74) is 6.70. The smallest absolute Gasteiger partial charge is 0.188 e. The maximum Gasteiger partial charge on any atom is 0.188 e. The van der Waals surface area contributed by atoms with Crippen molar-refractivity contribution in [3.63, 3.8) is 0 Å². The average Bonchev–Trinajstić information content (AvgIpc) is 3.27. The van der Waals surface area contributed by atoms with Crippen LogP contribution in [0.5, 0.6) is 5.75 Å². The van der Waals surface area contributed by atoms with Crippen molar-refractivity contribution in [3.8, 4) is 17.0 Å². The second-order valence-electron chi connectivity index (χ2n) is 7.24. The third kappa shape index (κ3) is 2.53. The number of rotatable bonds is 4. The molecule has 1 saturated heterocycles. The van der Waals surface area contributed by atoms with E-state index in [9.17, 15) is 0 Å². The molecule has 1 aliphatic carbocycles. The van der Waals surface area contributed by atoms with Crippen LogP contribution in [0.15, 0.2) is 12.1 Å². The first-order valence-corrected chi connectivity index (χ1v) is 9.61. The van der Waals surface area contributed by atoms with Gasteiger partial charge in [0, 0.05) is 24.7 Å². The predicted octanol–water partition coefficient (Wildman–Crippen LogP) is 4.04. The Kier molecular flexibility index (Phi) is 4.11. The second kappa shape index (κ2) is 6.48. The Hall–Kier alpha value is -1.69. The molecule has 2 bridgehead atoms. The number of halogens is 1. The number of hydrogen-bond donors (Lipinski definition) is 0. The zero-order valence-corrected chi connectivity index (χ0v) is 15.5. The molecular formula is C20H21ClN2O3.